The summed E-state index contributed by atoms with van der Waals surface area (Å²) in [4.78, 5) is 20.5. The quantitative estimate of drug-likeness (QED) is 0.800. The Bertz CT molecular complexity index is 706. The Labute approximate surface area is 148 Å². The van der Waals surface area contributed by atoms with Crippen LogP contribution in [0.1, 0.15) is 0 Å². The summed E-state index contributed by atoms with van der Waals surface area (Å²) >= 11 is 3.22. The van der Waals surface area contributed by atoms with E-state index >= 15 is 0 Å². The molecule has 5 nitrogen and oxygen atoms in total. The highest BCUT2D eigenvalue weighted by Gasteiger charge is 2.22. The second-order valence-corrected chi connectivity index (χ2v) is 6.27. The number of piperazine rings is 1. The van der Waals surface area contributed by atoms with Gasteiger partial charge in [0.2, 0.25) is 0 Å². The molecule has 0 N–H and O–H groups in total. The van der Waals surface area contributed by atoms with Crippen molar-refractivity contribution < 1.29 is 13.9 Å². The summed E-state index contributed by atoms with van der Waals surface area (Å²) in [6.45, 7) is 2.67. The molecule has 1 amide bonds. The number of carbonyl (C=O) groups is 1. The lowest BCUT2D eigenvalue weighted by atomic mass is 10.3. The molecule has 1 aliphatic heterocycles. The van der Waals surface area contributed by atoms with Gasteiger partial charge in [0.05, 0.1) is 4.47 Å². The average molecular weight is 394 g/mol. The molecule has 1 aliphatic rings. The van der Waals surface area contributed by atoms with Crippen molar-refractivity contribution in [3.05, 3.63) is 52.9 Å². The molecule has 126 valence electrons. The average Bonchev–Trinajstić information content (AvgIpc) is 2.62. The summed E-state index contributed by atoms with van der Waals surface area (Å²) < 4.78 is 19.0. The topological polar surface area (TPSA) is 45.7 Å². The molecule has 24 heavy (non-hydrogen) atoms. The first kappa shape index (κ1) is 16.7. The molecule has 1 aromatic carbocycles. The van der Waals surface area contributed by atoms with E-state index in [2.05, 4.69) is 25.8 Å². The minimum Gasteiger partial charge on any atom is -0.483 e. The van der Waals surface area contributed by atoms with Crippen LogP contribution in [-0.4, -0.2) is 48.6 Å². The van der Waals surface area contributed by atoms with Gasteiger partial charge in [0.1, 0.15) is 17.4 Å². The number of halogens is 2. The molecule has 0 aliphatic carbocycles. The molecule has 7 heteroatoms. The lowest BCUT2D eigenvalue weighted by Crippen LogP contribution is -2.50. The van der Waals surface area contributed by atoms with Crippen molar-refractivity contribution in [1.29, 1.82) is 0 Å². The Balaban J connectivity index is 1.50. The van der Waals surface area contributed by atoms with Gasteiger partial charge >= 0.3 is 0 Å². The maximum Gasteiger partial charge on any atom is 0.260 e. The lowest BCUT2D eigenvalue weighted by Gasteiger charge is -2.35. The van der Waals surface area contributed by atoms with E-state index in [9.17, 15) is 9.18 Å². The predicted molar refractivity (Wildman–Crippen MR) is 92.6 cm³/mol. The van der Waals surface area contributed by atoms with Crippen LogP contribution in [0.5, 0.6) is 5.75 Å². The van der Waals surface area contributed by atoms with Crippen LogP contribution >= 0.6 is 15.9 Å². The number of nitrogens with zero attached hydrogens (tertiary/aromatic N) is 3. The monoisotopic (exact) mass is 393 g/mol. The fourth-order valence-electron chi connectivity index (χ4n) is 2.55. The van der Waals surface area contributed by atoms with Gasteiger partial charge in [-0.3, -0.25) is 4.79 Å². The third kappa shape index (κ3) is 4.03. The molecular formula is C17H17BrFN3O2. The number of hydrogen-bond donors (Lipinski definition) is 0. The molecule has 2 heterocycles. The molecular weight excluding hydrogens is 377 g/mol. The van der Waals surface area contributed by atoms with E-state index in [1.807, 2.05) is 18.2 Å². The summed E-state index contributed by atoms with van der Waals surface area (Å²) in [7, 11) is 0. The number of pyridine rings is 1. The van der Waals surface area contributed by atoms with Crippen molar-refractivity contribution in [2.45, 2.75) is 0 Å². The maximum absolute atomic E-state index is 13.0. The van der Waals surface area contributed by atoms with Gasteiger partial charge in [-0.05, 0) is 46.3 Å². The molecule has 0 atom stereocenters. The molecule has 0 bridgehead atoms. The Morgan fingerprint density at radius 2 is 2.00 bits per heavy atom. The van der Waals surface area contributed by atoms with E-state index in [0.717, 1.165) is 18.9 Å². The van der Waals surface area contributed by atoms with Crippen LogP contribution in [0.4, 0.5) is 10.2 Å². The molecule has 1 fully saturated rings. The highest BCUT2D eigenvalue weighted by molar-refractivity contribution is 9.10. The number of aromatic nitrogens is 1. The number of rotatable bonds is 4. The third-order valence-electron chi connectivity index (χ3n) is 3.85. The zero-order chi connectivity index (χ0) is 16.9. The summed E-state index contributed by atoms with van der Waals surface area (Å²) in [5.41, 5.74) is 0. The number of carbonyl (C=O) groups excluding carboxylic acids is 1. The zero-order valence-corrected chi connectivity index (χ0v) is 14.6. The van der Waals surface area contributed by atoms with Gasteiger partial charge in [-0.15, -0.1) is 0 Å². The predicted octanol–water partition coefficient (Wildman–Crippen LogP) is 2.71. The van der Waals surface area contributed by atoms with E-state index in [1.165, 1.54) is 18.2 Å². The highest BCUT2D eigenvalue weighted by atomic mass is 79.9. The first-order valence-electron chi connectivity index (χ1n) is 7.65. The molecule has 3 rings (SSSR count). The molecule has 0 saturated carbocycles. The van der Waals surface area contributed by atoms with Crippen molar-refractivity contribution >= 4 is 27.7 Å². The van der Waals surface area contributed by atoms with Crippen LogP contribution in [-0.2, 0) is 4.79 Å². The zero-order valence-electron chi connectivity index (χ0n) is 13.0. The molecule has 1 aromatic heterocycles. The number of benzene rings is 1. The van der Waals surface area contributed by atoms with Gasteiger partial charge in [0.25, 0.3) is 5.91 Å². The van der Waals surface area contributed by atoms with E-state index in [0.29, 0.717) is 23.3 Å². The maximum atomic E-state index is 13.0. The Morgan fingerprint density at radius 3 is 2.67 bits per heavy atom. The number of anilines is 1. The molecule has 0 unspecified atom stereocenters. The summed E-state index contributed by atoms with van der Waals surface area (Å²) in [6.07, 6.45) is 1.77. The van der Waals surface area contributed by atoms with Gasteiger partial charge in [0, 0.05) is 32.4 Å². The van der Waals surface area contributed by atoms with Gasteiger partial charge < -0.3 is 14.5 Å². The van der Waals surface area contributed by atoms with E-state index in [1.54, 1.807) is 11.1 Å². The van der Waals surface area contributed by atoms with Crippen LogP contribution in [0.15, 0.2) is 47.1 Å². The number of ether oxygens (including phenoxy) is 1. The second-order valence-electron chi connectivity index (χ2n) is 5.42. The fourth-order valence-corrected chi connectivity index (χ4v) is 3.01. The molecule has 1 saturated heterocycles. The van der Waals surface area contributed by atoms with Crippen molar-refractivity contribution in [3.8, 4) is 5.75 Å². The smallest absolute Gasteiger partial charge is 0.260 e. The van der Waals surface area contributed by atoms with Gasteiger partial charge in [-0.1, -0.05) is 6.07 Å². The van der Waals surface area contributed by atoms with Crippen molar-refractivity contribution in [2.24, 2.45) is 0 Å². The standard InChI is InChI=1S/C17H17BrFN3O2/c18-14-11-13(19)4-5-15(14)24-12-17(23)22-9-7-21(8-10-22)16-3-1-2-6-20-16/h1-6,11H,7-10,12H2. The van der Waals surface area contributed by atoms with Gasteiger partial charge in [-0.25, -0.2) is 9.37 Å². The van der Waals surface area contributed by atoms with Crippen molar-refractivity contribution in [3.63, 3.8) is 0 Å². The minimum absolute atomic E-state index is 0.0617. The second kappa shape index (κ2) is 7.61. The normalized spacial score (nSPS) is 14.6. The fraction of sp³-hybridized carbons (Fsp3) is 0.294. The summed E-state index contributed by atoms with van der Waals surface area (Å²) in [5, 5.41) is 0. The SMILES string of the molecule is O=C(COc1ccc(F)cc1Br)N1CCN(c2ccccn2)CC1. The summed E-state index contributed by atoms with van der Waals surface area (Å²) in [6, 6.07) is 9.92. The van der Waals surface area contributed by atoms with E-state index < -0.39 is 0 Å². The van der Waals surface area contributed by atoms with Crippen molar-refractivity contribution in [2.75, 3.05) is 37.7 Å². The number of amides is 1. The van der Waals surface area contributed by atoms with Crippen LogP contribution in [0.2, 0.25) is 0 Å². The molecule has 0 spiro atoms. The van der Waals surface area contributed by atoms with Gasteiger partial charge in [0.15, 0.2) is 6.61 Å². The first-order valence-corrected chi connectivity index (χ1v) is 8.44. The summed E-state index contributed by atoms with van der Waals surface area (Å²) in [5.74, 6) is 0.950. The molecule has 0 radical (unpaired) electrons. The van der Waals surface area contributed by atoms with Crippen LogP contribution in [0.3, 0.4) is 0 Å². The molecule has 2 aromatic rings. The first-order chi connectivity index (χ1) is 11.6. The van der Waals surface area contributed by atoms with E-state index in [4.69, 9.17) is 4.74 Å². The Kier molecular flexibility index (Phi) is 5.30. The van der Waals surface area contributed by atoms with E-state index in [-0.39, 0.29) is 18.3 Å². The van der Waals surface area contributed by atoms with Crippen LogP contribution in [0.25, 0.3) is 0 Å². The highest BCUT2D eigenvalue weighted by Crippen LogP contribution is 2.25. The van der Waals surface area contributed by atoms with Crippen LogP contribution in [0, 0.1) is 5.82 Å². The Hall–Kier alpha value is -2.15. The largest absolute Gasteiger partial charge is 0.483 e. The lowest BCUT2D eigenvalue weighted by molar-refractivity contribution is -0.133. The Morgan fingerprint density at radius 1 is 1.21 bits per heavy atom. The minimum atomic E-state index is -0.355. The number of hydrogen-bond acceptors (Lipinski definition) is 4. The third-order valence-corrected chi connectivity index (χ3v) is 4.47. The van der Waals surface area contributed by atoms with Crippen molar-refractivity contribution in [1.82, 2.24) is 9.88 Å². The van der Waals surface area contributed by atoms with Crippen LogP contribution < -0.4 is 9.64 Å². The van der Waals surface area contributed by atoms with Gasteiger partial charge in [-0.2, -0.15) is 0 Å².